The molecule has 38 heavy (non-hydrogen) atoms. The van der Waals surface area contributed by atoms with E-state index in [2.05, 4.69) is 0 Å². The fourth-order valence-corrected chi connectivity index (χ4v) is 7.15. The molecule has 2 aromatic carbocycles. The summed E-state index contributed by atoms with van der Waals surface area (Å²) >= 11 is 0. The minimum atomic E-state index is -1.49. The number of fused-ring (bicyclic) bond motifs is 1. The first-order valence-corrected chi connectivity index (χ1v) is 13.3. The van der Waals surface area contributed by atoms with Crippen LogP contribution in [0.1, 0.15) is 62.4 Å². The Bertz CT molecular complexity index is 1210. The molecule has 5 rings (SSSR count). The summed E-state index contributed by atoms with van der Waals surface area (Å²) in [5.74, 6) is -1.45. The lowest BCUT2D eigenvalue weighted by atomic mass is 9.48. The van der Waals surface area contributed by atoms with Crippen molar-refractivity contribution in [1.29, 1.82) is 0 Å². The van der Waals surface area contributed by atoms with E-state index in [1.807, 2.05) is 50.2 Å². The number of aliphatic hydroxyl groups is 2. The van der Waals surface area contributed by atoms with Crippen molar-refractivity contribution < 1.29 is 34.0 Å². The van der Waals surface area contributed by atoms with Crippen molar-refractivity contribution in [2.45, 2.75) is 75.5 Å². The molecule has 7 heteroatoms. The summed E-state index contributed by atoms with van der Waals surface area (Å²) < 4.78 is 18.7. The number of carbonyl (C=O) groups excluding carboxylic acids is 2. The Balaban J connectivity index is 1.51. The fraction of sp³-hybridized carbons (Fsp3) is 0.484. The van der Waals surface area contributed by atoms with E-state index in [9.17, 15) is 19.8 Å². The van der Waals surface area contributed by atoms with Crippen molar-refractivity contribution in [3.05, 3.63) is 77.9 Å². The third-order valence-corrected chi connectivity index (χ3v) is 8.97. The van der Waals surface area contributed by atoms with Gasteiger partial charge in [0.05, 0.1) is 28.3 Å². The summed E-state index contributed by atoms with van der Waals surface area (Å²) in [5, 5.41) is 23.6. The second kappa shape index (κ2) is 9.63. The monoisotopic (exact) mass is 520 g/mol. The lowest BCUT2D eigenvalue weighted by Gasteiger charge is -2.62. The predicted octanol–water partition coefficient (Wildman–Crippen LogP) is 4.32. The van der Waals surface area contributed by atoms with Crippen LogP contribution in [0.2, 0.25) is 0 Å². The van der Waals surface area contributed by atoms with E-state index < -0.39 is 46.4 Å². The molecule has 7 nitrogen and oxygen atoms in total. The van der Waals surface area contributed by atoms with Gasteiger partial charge in [0.2, 0.25) is 0 Å². The van der Waals surface area contributed by atoms with Gasteiger partial charge >= 0.3 is 11.9 Å². The van der Waals surface area contributed by atoms with Crippen LogP contribution in [-0.4, -0.2) is 57.8 Å². The maximum absolute atomic E-state index is 13.3. The van der Waals surface area contributed by atoms with E-state index in [4.69, 9.17) is 14.2 Å². The highest BCUT2D eigenvalue weighted by Gasteiger charge is 2.80. The van der Waals surface area contributed by atoms with Gasteiger partial charge in [-0.05, 0) is 70.2 Å². The molecule has 3 fully saturated rings. The van der Waals surface area contributed by atoms with Crippen LogP contribution in [0.25, 0.3) is 6.08 Å². The molecule has 1 saturated heterocycles. The van der Waals surface area contributed by atoms with Crippen LogP contribution >= 0.6 is 0 Å². The number of rotatable bonds is 6. The van der Waals surface area contributed by atoms with Gasteiger partial charge in [-0.2, -0.15) is 0 Å². The minimum absolute atomic E-state index is 0.173. The SMILES string of the molecule is CC1(C)O[C@]23[C@H](O)[C@H]1C[C@H](OC(=O)c1ccccc1)[C@]2(COC(=O)/C=C/c1ccccc1)CCC[C@]3(C)O. The average Bonchev–Trinajstić information content (AvgIpc) is 3.05. The number of ether oxygens (including phenoxy) is 3. The standard InChI is InChI=1S/C31H36O7/c1-28(2)23-19-24(37-27(34)22-13-8-5-9-14-22)30(18-10-17-29(3,35)31(30,38-28)26(23)33)20-36-25(32)16-15-21-11-6-4-7-12-21/h4-9,11-16,23-24,26,33,35H,10,17-20H2,1-3H3/b16-15+/t23-,24+,26-,29+,30-,31+/m1/s1. The summed E-state index contributed by atoms with van der Waals surface area (Å²) in [7, 11) is 0. The molecule has 0 unspecified atom stereocenters. The highest BCUT2D eigenvalue weighted by Crippen LogP contribution is 2.67. The molecule has 0 aromatic heterocycles. The largest absolute Gasteiger partial charge is 0.462 e. The molecule has 2 bridgehead atoms. The van der Waals surface area contributed by atoms with E-state index >= 15 is 0 Å². The molecule has 0 amide bonds. The molecule has 1 heterocycles. The van der Waals surface area contributed by atoms with Crippen molar-refractivity contribution in [3.8, 4) is 0 Å². The first kappa shape index (κ1) is 26.6. The minimum Gasteiger partial charge on any atom is -0.462 e. The Kier molecular flexibility index (Phi) is 6.74. The lowest BCUT2D eigenvalue weighted by molar-refractivity contribution is -0.315. The Hall–Kier alpha value is -3.00. The summed E-state index contributed by atoms with van der Waals surface area (Å²) in [5.41, 5.74) is -3.63. The Morgan fingerprint density at radius 1 is 1.03 bits per heavy atom. The van der Waals surface area contributed by atoms with Gasteiger partial charge in [0, 0.05) is 12.0 Å². The van der Waals surface area contributed by atoms with Gasteiger partial charge < -0.3 is 24.4 Å². The Morgan fingerprint density at radius 2 is 1.68 bits per heavy atom. The molecule has 1 spiro atoms. The second-order valence-corrected chi connectivity index (χ2v) is 11.6. The third-order valence-electron chi connectivity index (χ3n) is 8.97. The van der Waals surface area contributed by atoms with E-state index in [-0.39, 0.29) is 12.5 Å². The maximum atomic E-state index is 13.3. The molecule has 0 radical (unpaired) electrons. The van der Waals surface area contributed by atoms with Crippen molar-refractivity contribution in [2.75, 3.05) is 6.61 Å². The quantitative estimate of drug-likeness (QED) is 0.432. The van der Waals surface area contributed by atoms with Crippen molar-refractivity contribution in [1.82, 2.24) is 0 Å². The van der Waals surface area contributed by atoms with Crippen LogP contribution in [-0.2, 0) is 19.0 Å². The van der Waals surface area contributed by atoms with Gasteiger partial charge in [-0.15, -0.1) is 0 Å². The molecular formula is C31H36O7. The highest BCUT2D eigenvalue weighted by atomic mass is 16.6. The van der Waals surface area contributed by atoms with E-state index in [1.54, 1.807) is 37.3 Å². The van der Waals surface area contributed by atoms with Gasteiger partial charge in [-0.1, -0.05) is 48.5 Å². The maximum Gasteiger partial charge on any atom is 0.338 e. The zero-order valence-corrected chi connectivity index (χ0v) is 22.1. The van der Waals surface area contributed by atoms with Crippen LogP contribution in [0.15, 0.2) is 66.7 Å². The van der Waals surface area contributed by atoms with Crippen LogP contribution in [0.5, 0.6) is 0 Å². The highest BCUT2D eigenvalue weighted by molar-refractivity contribution is 5.89. The zero-order chi connectivity index (χ0) is 27.2. The van der Waals surface area contributed by atoms with Gasteiger partial charge in [0.15, 0.2) is 0 Å². The van der Waals surface area contributed by atoms with E-state index in [0.29, 0.717) is 31.2 Å². The molecule has 6 atom stereocenters. The first-order valence-electron chi connectivity index (χ1n) is 13.3. The van der Waals surface area contributed by atoms with Crippen molar-refractivity contribution in [2.24, 2.45) is 11.3 Å². The summed E-state index contributed by atoms with van der Waals surface area (Å²) in [4.78, 5) is 26.1. The van der Waals surface area contributed by atoms with Crippen LogP contribution < -0.4 is 0 Å². The van der Waals surface area contributed by atoms with Gasteiger partial charge in [0.1, 0.15) is 18.3 Å². The normalized spacial score (nSPS) is 35.4. The Labute approximate surface area is 223 Å². The average molecular weight is 521 g/mol. The summed E-state index contributed by atoms with van der Waals surface area (Å²) in [6.07, 6.45) is 3.00. The van der Waals surface area contributed by atoms with Crippen molar-refractivity contribution >= 4 is 18.0 Å². The topological polar surface area (TPSA) is 102 Å². The van der Waals surface area contributed by atoms with Crippen LogP contribution in [0, 0.1) is 11.3 Å². The molecule has 1 aliphatic heterocycles. The number of aliphatic hydroxyl groups excluding tert-OH is 1. The second-order valence-electron chi connectivity index (χ2n) is 11.6. The summed E-state index contributed by atoms with van der Waals surface area (Å²) in [6.45, 7) is 5.27. The van der Waals surface area contributed by atoms with Gasteiger partial charge in [-0.25, -0.2) is 9.59 Å². The molecule has 3 aliphatic rings. The third kappa shape index (κ3) is 4.17. The van der Waals surface area contributed by atoms with E-state index in [0.717, 1.165) is 5.56 Å². The fourth-order valence-electron chi connectivity index (χ4n) is 7.15. The number of benzene rings is 2. The smallest absolute Gasteiger partial charge is 0.338 e. The number of hydrogen-bond donors (Lipinski definition) is 2. The predicted molar refractivity (Wildman–Crippen MR) is 141 cm³/mol. The number of hydrogen-bond acceptors (Lipinski definition) is 7. The van der Waals surface area contributed by atoms with Crippen molar-refractivity contribution in [3.63, 3.8) is 0 Å². The van der Waals surface area contributed by atoms with Crippen LogP contribution in [0.4, 0.5) is 0 Å². The Morgan fingerprint density at radius 3 is 2.37 bits per heavy atom. The molecule has 2 saturated carbocycles. The molecule has 2 aliphatic carbocycles. The summed E-state index contributed by atoms with van der Waals surface area (Å²) in [6, 6.07) is 18.1. The van der Waals surface area contributed by atoms with Crippen LogP contribution in [0.3, 0.4) is 0 Å². The van der Waals surface area contributed by atoms with Gasteiger partial charge in [-0.3, -0.25) is 0 Å². The first-order chi connectivity index (χ1) is 18.0. The lowest BCUT2D eigenvalue weighted by Crippen LogP contribution is -2.76. The number of esters is 2. The van der Waals surface area contributed by atoms with Gasteiger partial charge in [0.25, 0.3) is 0 Å². The molecule has 202 valence electrons. The number of carbonyl (C=O) groups is 2. The molecule has 2 aromatic rings. The zero-order valence-electron chi connectivity index (χ0n) is 22.1. The molecule has 2 N–H and O–H groups in total. The molecular weight excluding hydrogens is 484 g/mol. The van der Waals surface area contributed by atoms with E-state index in [1.165, 1.54) is 6.08 Å².